The average molecular weight is 296 g/mol. The van der Waals surface area contributed by atoms with Crippen molar-refractivity contribution in [1.82, 2.24) is 9.97 Å². The van der Waals surface area contributed by atoms with E-state index in [1.165, 1.54) is 11.3 Å². The van der Waals surface area contributed by atoms with E-state index in [4.69, 9.17) is 0 Å². The molecule has 0 bridgehead atoms. The topological polar surface area (TPSA) is 90.3 Å². The van der Waals surface area contributed by atoms with E-state index in [1.807, 2.05) is 25.3 Å². The Morgan fingerprint density at radius 1 is 1.25 bits per heavy atom. The Labute approximate surface area is 121 Å². The molecular weight excluding hydrogens is 276 g/mol. The Bertz CT molecular complexity index is 560. The van der Waals surface area contributed by atoms with E-state index in [9.17, 15) is 10.2 Å². The first-order valence-electron chi connectivity index (χ1n) is 6.67. The lowest BCUT2D eigenvalue weighted by Crippen LogP contribution is -2.45. The molecule has 0 radical (unpaired) electrons. The fraction of sp³-hybridized carbons (Fsp3) is 0.538. The van der Waals surface area contributed by atoms with Crippen molar-refractivity contribution in [2.45, 2.75) is 25.8 Å². The summed E-state index contributed by atoms with van der Waals surface area (Å²) in [6.45, 7) is 4.30. The second-order valence-corrected chi connectivity index (χ2v) is 5.54. The van der Waals surface area contributed by atoms with E-state index in [0.29, 0.717) is 18.2 Å². The molecule has 2 aromatic rings. The summed E-state index contributed by atoms with van der Waals surface area (Å²) in [6.07, 6.45) is 0.589. The maximum Gasteiger partial charge on any atom is 0.226 e. The molecule has 0 atom stereocenters. The Hall–Kier alpha value is -1.44. The molecule has 0 amide bonds. The monoisotopic (exact) mass is 296 g/mol. The summed E-state index contributed by atoms with van der Waals surface area (Å²) in [5.74, 6) is 1.18. The minimum absolute atomic E-state index is 0.161. The predicted octanol–water partition coefficient (Wildman–Crippen LogP) is 1.67. The van der Waals surface area contributed by atoms with Crippen LogP contribution in [0.5, 0.6) is 0 Å². The molecule has 0 aliphatic heterocycles. The van der Waals surface area contributed by atoms with E-state index in [-0.39, 0.29) is 13.2 Å². The van der Waals surface area contributed by atoms with Crippen LogP contribution in [0.4, 0.5) is 11.8 Å². The second-order valence-electron chi connectivity index (χ2n) is 4.64. The van der Waals surface area contributed by atoms with Gasteiger partial charge in [0.15, 0.2) is 0 Å². The summed E-state index contributed by atoms with van der Waals surface area (Å²) in [7, 11) is 0. The van der Waals surface area contributed by atoms with Gasteiger partial charge in [0.2, 0.25) is 5.95 Å². The SMILES string of the molecule is CCNc1nc(NC(CC)(CO)CO)c2ccsc2n1. The third kappa shape index (κ3) is 2.84. The Morgan fingerprint density at radius 2 is 2.00 bits per heavy atom. The van der Waals surface area contributed by atoms with Gasteiger partial charge in [-0.2, -0.15) is 4.98 Å². The van der Waals surface area contributed by atoms with Crippen LogP contribution in [0.2, 0.25) is 0 Å². The van der Waals surface area contributed by atoms with Crippen molar-refractivity contribution in [3.63, 3.8) is 0 Å². The highest BCUT2D eigenvalue weighted by Crippen LogP contribution is 2.29. The van der Waals surface area contributed by atoms with Crippen LogP contribution in [0.15, 0.2) is 11.4 Å². The third-order valence-electron chi connectivity index (χ3n) is 3.33. The van der Waals surface area contributed by atoms with Gasteiger partial charge in [-0.3, -0.25) is 0 Å². The van der Waals surface area contributed by atoms with E-state index < -0.39 is 5.54 Å². The van der Waals surface area contributed by atoms with Crippen molar-refractivity contribution in [1.29, 1.82) is 0 Å². The summed E-state index contributed by atoms with van der Waals surface area (Å²) >= 11 is 1.53. The lowest BCUT2D eigenvalue weighted by Gasteiger charge is -2.30. The van der Waals surface area contributed by atoms with Gasteiger partial charge in [0.05, 0.1) is 24.1 Å². The second kappa shape index (κ2) is 6.34. The normalized spacial score (nSPS) is 11.8. The van der Waals surface area contributed by atoms with Crippen LogP contribution in [0, 0.1) is 0 Å². The van der Waals surface area contributed by atoms with Crippen LogP contribution in [0.25, 0.3) is 10.2 Å². The lowest BCUT2D eigenvalue weighted by molar-refractivity contribution is 0.132. The van der Waals surface area contributed by atoms with E-state index in [2.05, 4.69) is 20.6 Å². The highest BCUT2D eigenvalue weighted by Gasteiger charge is 2.28. The molecule has 110 valence electrons. The van der Waals surface area contributed by atoms with Crippen LogP contribution in [-0.2, 0) is 0 Å². The largest absolute Gasteiger partial charge is 0.394 e. The molecule has 6 nitrogen and oxygen atoms in total. The van der Waals surface area contributed by atoms with Gasteiger partial charge >= 0.3 is 0 Å². The number of nitrogens with one attached hydrogen (secondary N) is 2. The van der Waals surface area contributed by atoms with Crippen molar-refractivity contribution in [3.05, 3.63) is 11.4 Å². The summed E-state index contributed by atoms with van der Waals surface area (Å²) in [4.78, 5) is 9.74. The van der Waals surface area contributed by atoms with Crippen molar-refractivity contribution >= 4 is 33.3 Å². The molecule has 2 aromatic heterocycles. The van der Waals surface area contributed by atoms with Gasteiger partial charge in [-0.05, 0) is 24.8 Å². The quantitative estimate of drug-likeness (QED) is 0.621. The summed E-state index contributed by atoms with van der Waals surface area (Å²) in [5, 5.41) is 28.2. The fourth-order valence-corrected chi connectivity index (χ4v) is 2.64. The maximum atomic E-state index is 9.55. The summed E-state index contributed by atoms with van der Waals surface area (Å²) < 4.78 is 0. The van der Waals surface area contributed by atoms with Crippen molar-refractivity contribution in [2.75, 3.05) is 30.4 Å². The van der Waals surface area contributed by atoms with Crippen LogP contribution >= 0.6 is 11.3 Å². The van der Waals surface area contributed by atoms with Gasteiger partial charge < -0.3 is 20.8 Å². The molecule has 0 unspecified atom stereocenters. The van der Waals surface area contributed by atoms with Gasteiger partial charge in [0.25, 0.3) is 0 Å². The summed E-state index contributed by atoms with van der Waals surface area (Å²) in [5.41, 5.74) is -0.771. The first-order valence-corrected chi connectivity index (χ1v) is 7.55. The molecule has 0 aromatic carbocycles. The minimum atomic E-state index is -0.771. The Balaban J connectivity index is 2.43. The number of fused-ring (bicyclic) bond motifs is 1. The molecule has 0 saturated carbocycles. The number of aromatic nitrogens is 2. The van der Waals surface area contributed by atoms with Crippen molar-refractivity contribution < 1.29 is 10.2 Å². The zero-order valence-electron chi connectivity index (χ0n) is 11.7. The number of rotatable bonds is 7. The van der Waals surface area contributed by atoms with Crippen LogP contribution in [0.3, 0.4) is 0 Å². The first-order chi connectivity index (χ1) is 9.68. The molecule has 0 saturated heterocycles. The van der Waals surface area contributed by atoms with Crippen LogP contribution < -0.4 is 10.6 Å². The smallest absolute Gasteiger partial charge is 0.226 e. The Morgan fingerprint density at radius 3 is 2.60 bits per heavy atom. The zero-order valence-corrected chi connectivity index (χ0v) is 12.5. The molecule has 0 spiro atoms. The number of hydrogen-bond donors (Lipinski definition) is 4. The number of anilines is 2. The fourth-order valence-electron chi connectivity index (χ4n) is 1.88. The predicted molar refractivity (Wildman–Crippen MR) is 82.4 cm³/mol. The first kappa shape index (κ1) is 15.0. The molecule has 0 aliphatic carbocycles. The Kier molecular flexibility index (Phi) is 4.74. The highest BCUT2D eigenvalue weighted by molar-refractivity contribution is 7.16. The molecule has 0 aliphatic rings. The zero-order chi connectivity index (χ0) is 14.6. The molecule has 20 heavy (non-hydrogen) atoms. The maximum absolute atomic E-state index is 9.55. The van der Waals surface area contributed by atoms with E-state index in [0.717, 1.165) is 16.8 Å². The lowest BCUT2D eigenvalue weighted by atomic mass is 9.98. The molecule has 2 rings (SSSR count). The highest BCUT2D eigenvalue weighted by atomic mass is 32.1. The van der Waals surface area contributed by atoms with Crippen LogP contribution in [0.1, 0.15) is 20.3 Å². The number of aliphatic hydroxyl groups excluding tert-OH is 2. The van der Waals surface area contributed by atoms with Crippen molar-refractivity contribution in [3.8, 4) is 0 Å². The van der Waals surface area contributed by atoms with E-state index in [1.54, 1.807) is 0 Å². The molecule has 2 heterocycles. The summed E-state index contributed by atoms with van der Waals surface area (Å²) in [6, 6.07) is 1.94. The third-order valence-corrected chi connectivity index (χ3v) is 4.13. The molecule has 4 N–H and O–H groups in total. The van der Waals surface area contributed by atoms with Gasteiger partial charge in [0.1, 0.15) is 10.6 Å². The van der Waals surface area contributed by atoms with Gasteiger partial charge in [-0.15, -0.1) is 11.3 Å². The number of hydrogen-bond acceptors (Lipinski definition) is 7. The van der Waals surface area contributed by atoms with Gasteiger partial charge in [0, 0.05) is 6.54 Å². The standard InChI is InChI=1S/C13H20N4O2S/c1-3-13(7-18,8-19)17-10-9-5-6-20-11(9)16-12(15-10)14-4-2/h5-6,18-19H,3-4,7-8H2,1-2H3,(H2,14,15,16,17). The van der Waals surface area contributed by atoms with Gasteiger partial charge in [-0.25, -0.2) is 4.98 Å². The minimum Gasteiger partial charge on any atom is -0.394 e. The molecule has 0 fully saturated rings. The van der Waals surface area contributed by atoms with E-state index >= 15 is 0 Å². The van der Waals surface area contributed by atoms with Crippen molar-refractivity contribution in [2.24, 2.45) is 0 Å². The number of thiophene rings is 1. The van der Waals surface area contributed by atoms with Gasteiger partial charge in [-0.1, -0.05) is 6.92 Å². The van der Waals surface area contributed by atoms with Crippen LogP contribution in [-0.4, -0.2) is 45.5 Å². The number of aliphatic hydroxyl groups is 2. The molecule has 7 heteroatoms. The number of nitrogens with zero attached hydrogens (tertiary/aromatic N) is 2. The average Bonchev–Trinajstić information content (AvgIpc) is 2.94. The molecular formula is C13H20N4O2S.